The van der Waals surface area contributed by atoms with E-state index in [0.29, 0.717) is 12.5 Å². The molecule has 5 nitrogen and oxygen atoms in total. The highest BCUT2D eigenvalue weighted by Gasteiger charge is 2.19. The lowest BCUT2D eigenvalue weighted by Crippen LogP contribution is -2.50. The molecule has 1 fully saturated rings. The zero-order chi connectivity index (χ0) is 28.2. The van der Waals surface area contributed by atoms with Gasteiger partial charge in [0.25, 0.3) is 0 Å². The molecule has 0 aliphatic carbocycles. The summed E-state index contributed by atoms with van der Waals surface area (Å²) in [6.07, 6.45) is 27.2. The van der Waals surface area contributed by atoms with Gasteiger partial charge in [-0.1, -0.05) is 130 Å². The predicted molar refractivity (Wildman–Crippen MR) is 172 cm³/mol. The van der Waals surface area contributed by atoms with E-state index in [-0.39, 0.29) is 0 Å². The summed E-state index contributed by atoms with van der Waals surface area (Å²) < 4.78 is 0. The minimum absolute atomic E-state index is 0.342. The SMILES string of the molecule is CCCCCCCCCN(CCCCCCCC)CCN(CCCCCCCCC)CC(=O)N1CCNCC1. The fraction of sp³-hybridized carbons (Fsp3) is 0.971. The van der Waals surface area contributed by atoms with Crippen LogP contribution in [0, 0.1) is 0 Å². The smallest absolute Gasteiger partial charge is 0.236 e. The molecule has 232 valence electrons. The van der Waals surface area contributed by atoms with Crippen molar-refractivity contribution >= 4 is 5.91 Å². The van der Waals surface area contributed by atoms with E-state index in [0.717, 1.165) is 45.8 Å². The van der Waals surface area contributed by atoms with Crippen LogP contribution < -0.4 is 5.32 Å². The summed E-state index contributed by atoms with van der Waals surface area (Å²) in [7, 11) is 0. The second-order valence-corrected chi connectivity index (χ2v) is 12.3. The average molecular weight is 551 g/mol. The Balaban J connectivity index is 2.54. The molecule has 1 N–H and O–H groups in total. The van der Waals surface area contributed by atoms with Crippen molar-refractivity contribution in [3.63, 3.8) is 0 Å². The highest BCUT2D eigenvalue weighted by atomic mass is 16.2. The zero-order valence-electron chi connectivity index (χ0n) is 27.0. The van der Waals surface area contributed by atoms with Crippen LogP contribution >= 0.6 is 0 Å². The third kappa shape index (κ3) is 21.7. The van der Waals surface area contributed by atoms with E-state index >= 15 is 0 Å². The number of nitrogens with one attached hydrogen (secondary N) is 1. The number of hydrogen-bond acceptors (Lipinski definition) is 4. The predicted octanol–water partition coefficient (Wildman–Crippen LogP) is 7.88. The maximum atomic E-state index is 13.1. The van der Waals surface area contributed by atoms with E-state index in [2.05, 4.69) is 40.8 Å². The van der Waals surface area contributed by atoms with Gasteiger partial charge in [-0.15, -0.1) is 0 Å². The topological polar surface area (TPSA) is 38.8 Å². The number of unbranched alkanes of at least 4 members (excludes halogenated alkanes) is 17. The summed E-state index contributed by atoms with van der Waals surface area (Å²) >= 11 is 0. The fourth-order valence-electron chi connectivity index (χ4n) is 5.79. The number of hydrogen-bond donors (Lipinski definition) is 1. The number of nitrogens with zero attached hydrogens (tertiary/aromatic N) is 3. The first-order valence-corrected chi connectivity index (χ1v) is 17.6. The lowest BCUT2D eigenvalue weighted by Gasteiger charge is -2.32. The number of carbonyl (C=O) groups is 1. The summed E-state index contributed by atoms with van der Waals surface area (Å²) in [5, 5.41) is 3.39. The highest BCUT2D eigenvalue weighted by molar-refractivity contribution is 5.78. The van der Waals surface area contributed by atoms with Gasteiger partial charge in [0.15, 0.2) is 0 Å². The molecule has 1 aliphatic heterocycles. The van der Waals surface area contributed by atoms with Crippen LogP contribution in [0.1, 0.15) is 149 Å². The number of carbonyl (C=O) groups excluding carboxylic acids is 1. The van der Waals surface area contributed by atoms with Gasteiger partial charge in [-0.05, 0) is 38.9 Å². The van der Waals surface area contributed by atoms with Gasteiger partial charge in [0.2, 0.25) is 5.91 Å². The van der Waals surface area contributed by atoms with Gasteiger partial charge < -0.3 is 15.1 Å². The summed E-state index contributed by atoms with van der Waals surface area (Å²) in [5.41, 5.74) is 0. The molecular weight excluding hydrogens is 480 g/mol. The van der Waals surface area contributed by atoms with E-state index in [4.69, 9.17) is 0 Å². The second-order valence-electron chi connectivity index (χ2n) is 12.3. The third-order valence-electron chi connectivity index (χ3n) is 8.54. The van der Waals surface area contributed by atoms with Gasteiger partial charge in [-0.25, -0.2) is 0 Å². The standard InChI is InChI=1S/C34H70N4O/c1-4-7-10-13-16-19-22-27-36(26-21-18-15-12-9-6-3)31-32-37(28-23-20-17-14-11-8-5-2)33-34(39)38-29-24-35-25-30-38/h35H,4-33H2,1-3H3. The molecule has 0 bridgehead atoms. The summed E-state index contributed by atoms with van der Waals surface area (Å²) in [4.78, 5) is 20.4. The summed E-state index contributed by atoms with van der Waals surface area (Å²) in [6, 6.07) is 0. The van der Waals surface area contributed by atoms with Crippen molar-refractivity contribution in [3.8, 4) is 0 Å². The lowest BCUT2D eigenvalue weighted by molar-refractivity contribution is -0.133. The van der Waals surface area contributed by atoms with Gasteiger partial charge in [0.05, 0.1) is 6.54 Å². The van der Waals surface area contributed by atoms with Crippen LogP contribution in [0.25, 0.3) is 0 Å². The van der Waals surface area contributed by atoms with Crippen LogP contribution in [0.5, 0.6) is 0 Å². The molecule has 1 rings (SSSR count). The van der Waals surface area contributed by atoms with Crippen LogP contribution in [-0.4, -0.2) is 86.1 Å². The van der Waals surface area contributed by atoms with E-state index in [1.165, 1.54) is 142 Å². The maximum Gasteiger partial charge on any atom is 0.236 e. The van der Waals surface area contributed by atoms with Crippen molar-refractivity contribution in [3.05, 3.63) is 0 Å². The summed E-state index contributed by atoms with van der Waals surface area (Å²) in [5.74, 6) is 0.342. The Hall–Kier alpha value is -0.650. The molecule has 0 aromatic heterocycles. The largest absolute Gasteiger partial charge is 0.339 e. The Bertz CT molecular complexity index is 523. The molecule has 0 saturated carbocycles. The van der Waals surface area contributed by atoms with Crippen LogP contribution in [0.15, 0.2) is 0 Å². The second kappa shape index (κ2) is 27.5. The molecule has 0 unspecified atom stereocenters. The van der Waals surface area contributed by atoms with Crippen molar-refractivity contribution in [2.75, 3.05) is 65.4 Å². The van der Waals surface area contributed by atoms with E-state index < -0.39 is 0 Å². The minimum atomic E-state index is 0.342. The molecule has 1 saturated heterocycles. The molecule has 1 amide bonds. The van der Waals surface area contributed by atoms with Crippen molar-refractivity contribution in [1.29, 1.82) is 0 Å². The molecular formula is C34H70N4O. The molecule has 39 heavy (non-hydrogen) atoms. The Morgan fingerprint density at radius 3 is 1.31 bits per heavy atom. The van der Waals surface area contributed by atoms with Crippen molar-refractivity contribution < 1.29 is 4.79 Å². The van der Waals surface area contributed by atoms with E-state index in [9.17, 15) is 4.79 Å². The average Bonchev–Trinajstić information content (AvgIpc) is 2.96. The zero-order valence-corrected chi connectivity index (χ0v) is 27.0. The van der Waals surface area contributed by atoms with Crippen molar-refractivity contribution in [2.24, 2.45) is 0 Å². The Labute approximate surface area is 245 Å². The molecule has 0 aromatic rings. The van der Waals surface area contributed by atoms with Gasteiger partial charge in [-0.3, -0.25) is 9.69 Å². The molecule has 1 heterocycles. The van der Waals surface area contributed by atoms with Crippen LogP contribution in [0.4, 0.5) is 0 Å². The first-order chi connectivity index (χ1) is 19.2. The van der Waals surface area contributed by atoms with Crippen molar-refractivity contribution in [2.45, 2.75) is 149 Å². The Kier molecular flexibility index (Phi) is 25.7. The maximum absolute atomic E-state index is 13.1. The Morgan fingerprint density at radius 2 is 0.872 bits per heavy atom. The molecule has 0 spiro atoms. The fourth-order valence-corrected chi connectivity index (χ4v) is 5.79. The molecule has 0 radical (unpaired) electrons. The molecule has 0 atom stereocenters. The van der Waals surface area contributed by atoms with Gasteiger partial charge in [-0.2, -0.15) is 0 Å². The van der Waals surface area contributed by atoms with E-state index in [1.807, 2.05) is 0 Å². The quantitative estimate of drug-likeness (QED) is 0.101. The summed E-state index contributed by atoms with van der Waals surface area (Å²) in [6.45, 7) is 16.8. The first kappa shape index (κ1) is 36.4. The van der Waals surface area contributed by atoms with Gasteiger partial charge >= 0.3 is 0 Å². The minimum Gasteiger partial charge on any atom is -0.339 e. The van der Waals surface area contributed by atoms with Gasteiger partial charge in [0, 0.05) is 39.3 Å². The lowest BCUT2D eigenvalue weighted by atomic mass is 10.1. The van der Waals surface area contributed by atoms with Crippen LogP contribution in [0.2, 0.25) is 0 Å². The first-order valence-electron chi connectivity index (χ1n) is 17.6. The van der Waals surface area contributed by atoms with Crippen molar-refractivity contribution in [1.82, 2.24) is 20.0 Å². The molecule has 1 aliphatic rings. The highest BCUT2D eigenvalue weighted by Crippen LogP contribution is 2.11. The van der Waals surface area contributed by atoms with E-state index in [1.54, 1.807) is 0 Å². The third-order valence-corrected chi connectivity index (χ3v) is 8.54. The van der Waals surface area contributed by atoms with Crippen LogP contribution in [-0.2, 0) is 4.79 Å². The van der Waals surface area contributed by atoms with Gasteiger partial charge in [0.1, 0.15) is 0 Å². The van der Waals surface area contributed by atoms with Crippen LogP contribution in [0.3, 0.4) is 0 Å². The molecule has 0 aromatic carbocycles. The molecule has 5 heteroatoms. The number of piperazine rings is 1. The number of rotatable bonds is 28. The number of amides is 1. The normalized spacial score (nSPS) is 14.1. The Morgan fingerprint density at radius 1 is 0.513 bits per heavy atom. The monoisotopic (exact) mass is 551 g/mol.